The predicted octanol–water partition coefficient (Wildman–Crippen LogP) is 3.42. The molecule has 0 bridgehead atoms. The monoisotopic (exact) mass is 408 g/mol. The second-order valence-electron chi connectivity index (χ2n) is 7.28. The molecular formula is C22H24N4O2S. The molecule has 1 atom stereocenters. The number of benzene rings is 2. The van der Waals surface area contributed by atoms with Gasteiger partial charge < -0.3 is 5.32 Å². The van der Waals surface area contributed by atoms with E-state index in [4.69, 9.17) is 0 Å². The summed E-state index contributed by atoms with van der Waals surface area (Å²) in [6.07, 6.45) is 4.10. The first kappa shape index (κ1) is 19.5. The summed E-state index contributed by atoms with van der Waals surface area (Å²) in [6, 6.07) is 16.1. The number of aromatic nitrogens is 3. The first-order valence-corrected chi connectivity index (χ1v) is 10.8. The standard InChI is InChI=1S/C22H24N4O2S/c1-15(20(27)23-19-11-10-17-8-5-9-18(17)14-19)29-22-25-24-21(28)26(22)13-12-16-6-3-2-4-7-16/h2-4,6-7,10-11,14-15H,5,8-9,12-13H2,1H3,(H,23,27)(H,24,28)/t15-/m1/s1. The van der Waals surface area contributed by atoms with Crippen LogP contribution in [-0.4, -0.2) is 25.9 Å². The molecule has 1 aliphatic rings. The van der Waals surface area contributed by atoms with Gasteiger partial charge in [-0.3, -0.25) is 9.36 Å². The van der Waals surface area contributed by atoms with Crippen LogP contribution in [0.4, 0.5) is 5.69 Å². The number of aromatic amines is 1. The van der Waals surface area contributed by atoms with Gasteiger partial charge in [0, 0.05) is 12.2 Å². The third kappa shape index (κ3) is 4.62. The number of rotatable bonds is 7. The Bertz CT molecular complexity index is 1060. The Morgan fingerprint density at radius 1 is 1.21 bits per heavy atom. The first-order chi connectivity index (χ1) is 14.1. The van der Waals surface area contributed by atoms with Gasteiger partial charge in [0.1, 0.15) is 0 Å². The largest absolute Gasteiger partial charge is 0.343 e. The quantitative estimate of drug-likeness (QED) is 0.587. The van der Waals surface area contributed by atoms with E-state index in [-0.39, 0.29) is 16.8 Å². The molecule has 4 rings (SSSR count). The number of carbonyl (C=O) groups is 1. The summed E-state index contributed by atoms with van der Waals surface area (Å²) in [6.45, 7) is 2.34. The maximum atomic E-state index is 12.7. The zero-order valence-electron chi connectivity index (χ0n) is 16.4. The molecule has 2 aromatic carbocycles. The van der Waals surface area contributed by atoms with Gasteiger partial charge in [0.05, 0.1) is 5.25 Å². The highest BCUT2D eigenvalue weighted by molar-refractivity contribution is 8.00. The summed E-state index contributed by atoms with van der Waals surface area (Å²) in [5, 5.41) is 9.75. The SMILES string of the molecule is C[C@@H](Sc1n[nH]c(=O)n1CCc1ccccc1)C(=O)Nc1ccc2c(c1)CCC2. The highest BCUT2D eigenvalue weighted by Crippen LogP contribution is 2.26. The Balaban J connectivity index is 1.39. The maximum absolute atomic E-state index is 12.7. The fourth-order valence-corrected chi connectivity index (χ4v) is 4.46. The Morgan fingerprint density at radius 2 is 2.00 bits per heavy atom. The number of aryl methyl sites for hydroxylation is 3. The number of H-pyrrole nitrogens is 1. The second kappa shape index (κ2) is 8.69. The maximum Gasteiger partial charge on any atom is 0.343 e. The van der Waals surface area contributed by atoms with Gasteiger partial charge in [0.25, 0.3) is 0 Å². The molecular weight excluding hydrogens is 384 g/mol. The molecule has 1 aromatic heterocycles. The third-order valence-corrected chi connectivity index (χ3v) is 6.30. The minimum absolute atomic E-state index is 0.0991. The van der Waals surface area contributed by atoms with Crippen LogP contribution in [0.3, 0.4) is 0 Å². The van der Waals surface area contributed by atoms with Crippen molar-refractivity contribution >= 4 is 23.4 Å². The van der Waals surface area contributed by atoms with E-state index in [1.807, 2.05) is 43.3 Å². The van der Waals surface area contributed by atoms with Crippen LogP contribution in [0, 0.1) is 0 Å². The van der Waals surface area contributed by atoms with Crippen LogP contribution in [0.5, 0.6) is 0 Å². The summed E-state index contributed by atoms with van der Waals surface area (Å²) in [5.74, 6) is -0.0991. The minimum Gasteiger partial charge on any atom is -0.325 e. The lowest BCUT2D eigenvalue weighted by molar-refractivity contribution is -0.115. The smallest absolute Gasteiger partial charge is 0.325 e. The lowest BCUT2D eigenvalue weighted by atomic mass is 10.1. The molecule has 29 heavy (non-hydrogen) atoms. The van der Waals surface area contributed by atoms with Crippen LogP contribution < -0.4 is 11.0 Å². The van der Waals surface area contributed by atoms with Crippen molar-refractivity contribution in [3.05, 3.63) is 75.7 Å². The topological polar surface area (TPSA) is 79.8 Å². The minimum atomic E-state index is -0.381. The van der Waals surface area contributed by atoms with Gasteiger partial charge >= 0.3 is 5.69 Å². The van der Waals surface area contributed by atoms with Gasteiger partial charge in [-0.15, -0.1) is 5.10 Å². The van der Waals surface area contributed by atoms with E-state index in [1.54, 1.807) is 4.57 Å². The zero-order valence-corrected chi connectivity index (χ0v) is 17.2. The fraction of sp³-hybridized carbons (Fsp3) is 0.318. The van der Waals surface area contributed by atoms with Gasteiger partial charge in [-0.25, -0.2) is 9.89 Å². The Hall–Kier alpha value is -2.80. The van der Waals surface area contributed by atoms with Crippen LogP contribution in [0.15, 0.2) is 58.5 Å². The number of hydrogen-bond acceptors (Lipinski definition) is 4. The number of hydrogen-bond donors (Lipinski definition) is 2. The van der Waals surface area contributed by atoms with Crippen molar-refractivity contribution in [3.8, 4) is 0 Å². The molecule has 0 radical (unpaired) electrons. The van der Waals surface area contributed by atoms with Crippen LogP contribution in [0.25, 0.3) is 0 Å². The number of nitrogens with one attached hydrogen (secondary N) is 2. The molecule has 6 nitrogen and oxygen atoms in total. The van der Waals surface area contributed by atoms with Gasteiger partial charge in [-0.1, -0.05) is 48.2 Å². The van der Waals surface area contributed by atoms with Crippen molar-refractivity contribution in [3.63, 3.8) is 0 Å². The van der Waals surface area contributed by atoms with E-state index in [0.717, 1.165) is 30.5 Å². The number of nitrogens with zero attached hydrogens (tertiary/aromatic N) is 2. The van der Waals surface area contributed by atoms with Crippen molar-refractivity contribution in [2.24, 2.45) is 0 Å². The summed E-state index contributed by atoms with van der Waals surface area (Å²) >= 11 is 1.29. The first-order valence-electron chi connectivity index (χ1n) is 9.88. The van der Waals surface area contributed by atoms with E-state index < -0.39 is 0 Å². The normalized spacial score (nSPS) is 13.8. The second-order valence-corrected chi connectivity index (χ2v) is 8.59. The molecule has 0 aliphatic heterocycles. The van der Waals surface area contributed by atoms with E-state index in [9.17, 15) is 9.59 Å². The Labute approximate surface area is 173 Å². The molecule has 0 saturated carbocycles. The van der Waals surface area contributed by atoms with Crippen molar-refractivity contribution < 1.29 is 4.79 Å². The van der Waals surface area contributed by atoms with E-state index >= 15 is 0 Å². The van der Waals surface area contributed by atoms with E-state index in [0.29, 0.717) is 11.7 Å². The van der Waals surface area contributed by atoms with Crippen molar-refractivity contribution in [1.82, 2.24) is 14.8 Å². The van der Waals surface area contributed by atoms with Gasteiger partial charge in [0.2, 0.25) is 5.91 Å². The zero-order chi connectivity index (χ0) is 20.2. The van der Waals surface area contributed by atoms with E-state index in [1.165, 1.54) is 29.3 Å². The fourth-order valence-electron chi connectivity index (χ4n) is 3.58. The summed E-state index contributed by atoms with van der Waals surface area (Å²) in [5.41, 5.74) is 4.43. The van der Waals surface area contributed by atoms with Crippen molar-refractivity contribution in [2.45, 2.75) is 49.6 Å². The van der Waals surface area contributed by atoms with Gasteiger partial charge in [-0.05, 0) is 61.4 Å². The van der Waals surface area contributed by atoms with Crippen LogP contribution >= 0.6 is 11.8 Å². The molecule has 7 heteroatoms. The van der Waals surface area contributed by atoms with Crippen LogP contribution in [-0.2, 0) is 30.6 Å². The third-order valence-electron chi connectivity index (χ3n) is 5.21. The van der Waals surface area contributed by atoms with Crippen molar-refractivity contribution in [1.29, 1.82) is 0 Å². The van der Waals surface area contributed by atoms with Crippen molar-refractivity contribution in [2.75, 3.05) is 5.32 Å². The van der Waals surface area contributed by atoms with Crippen LogP contribution in [0.2, 0.25) is 0 Å². The summed E-state index contributed by atoms with van der Waals surface area (Å²) in [7, 11) is 0. The molecule has 3 aromatic rings. The molecule has 0 saturated heterocycles. The highest BCUT2D eigenvalue weighted by Gasteiger charge is 2.20. The molecule has 150 valence electrons. The molecule has 0 spiro atoms. The van der Waals surface area contributed by atoms with Gasteiger partial charge in [0.15, 0.2) is 5.16 Å². The highest BCUT2D eigenvalue weighted by atomic mass is 32.2. The number of amides is 1. The average molecular weight is 409 g/mol. The van der Waals surface area contributed by atoms with Crippen LogP contribution in [0.1, 0.15) is 30.0 Å². The summed E-state index contributed by atoms with van der Waals surface area (Å²) < 4.78 is 1.59. The summed E-state index contributed by atoms with van der Waals surface area (Å²) in [4.78, 5) is 24.8. The average Bonchev–Trinajstić information content (AvgIpc) is 3.33. The molecule has 1 aliphatic carbocycles. The number of carbonyl (C=O) groups excluding carboxylic acids is 1. The Morgan fingerprint density at radius 3 is 2.83 bits per heavy atom. The Kier molecular flexibility index (Phi) is 5.85. The lowest BCUT2D eigenvalue weighted by Crippen LogP contribution is -2.24. The molecule has 2 N–H and O–H groups in total. The molecule has 1 heterocycles. The predicted molar refractivity (Wildman–Crippen MR) is 115 cm³/mol. The lowest BCUT2D eigenvalue weighted by Gasteiger charge is -2.13. The van der Waals surface area contributed by atoms with Gasteiger partial charge in [-0.2, -0.15) is 0 Å². The number of thioether (sulfide) groups is 1. The molecule has 1 amide bonds. The molecule has 0 unspecified atom stereocenters. The number of anilines is 1. The van der Waals surface area contributed by atoms with E-state index in [2.05, 4.69) is 27.6 Å². The number of fused-ring (bicyclic) bond motifs is 1. The molecule has 0 fully saturated rings.